The van der Waals surface area contributed by atoms with Gasteiger partial charge in [-0.25, -0.2) is 13.1 Å². The second kappa shape index (κ2) is 8.29. The minimum atomic E-state index is -3.62. The fourth-order valence-corrected chi connectivity index (χ4v) is 3.53. The summed E-state index contributed by atoms with van der Waals surface area (Å²) in [5.74, 6) is -0.346. The second-order valence-corrected chi connectivity index (χ2v) is 7.77. The molecule has 2 aromatic rings. The number of amides is 1. The maximum atomic E-state index is 12.1. The first-order chi connectivity index (χ1) is 11.4. The van der Waals surface area contributed by atoms with E-state index in [2.05, 4.69) is 20.2 Å². The van der Waals surface area contributed by atoms with Gasteiger partial charge in [0.15, 0.2) is 0 Å². The van der Waals surface area contributed by atoms with E-state index < -0.39 is 10.0 Å². The Balaban J connectivity index is 1.82. The average Bonchev–Trinajstić information content (AvgIpc) is 2.95. The molecule has 8 nitrogen and oxygen atoms in total. The number of methoxy groups -OCH3 is 1. The molecule has 1 aromatic carbocycles. The Hall–Kier alpha value is -1.88. The van der Waals surface area contributed by atoms with Crippen molar-refractivity contribution in [1.29, 1.82) is 0 Å². The molecular weight excluding hydrogens is 352 g/mol. The van der Waals surface area contributed by atoms with E-state index in [1.807, 2.05) is 6.92 Å². The Bertz CT molecular complexity index is 787. The number of aromatic nitrogens is 2. The third-order valence-electron chi connectivity index (χ3n) is 2.96. The number of anilines is 1. The van der Waals surface area contributed by atoms with Crippen molar-refractivity contribution in [2.45, 2.75) is 24.8 Å². The third-order valence-corrected chi connectivity index (χ3v) is 5.25. The summed E-state index contributed by atoms with van der Waals surface area (Å²) >= 11 is 1.21. The van der Waals surface area contributed by atoms with Gasteiger partial charge in [-0.05, 0) is 19.1 Å². The molecule has 0 aliphatic heterocycles. The highest BCUT2D eigenvalue weighted by atomic mass is 32.2. The van der Waals surface area contributed by atoms with Crippen LogP contribution in [0.5, 0.6) is 0 Å². The molecule has 24 heavy (non-hydrogen) atoms. The second-order valence-electron chi connectivity index (χ2n) is 4.94. The molecule has 0 aliphatic carbocycles. The van der Waals surface area contributed by atoms with Crippen LogP contribution in [-0.2, 0) is 26.2 Å². The molecule has 0 unspecified atom stereocenters. The topological polar surface area (TPSA) is 110 Å². The van der Waals surface area contributed by atoms with E-state index >= 15 is 0 Å². The van der Waals surface area contributed by atoms with Gasteiger partial charge in [-0.2, -0.15) is 0 Å². The van der Waals surface area contributed by atoms with E-state index in [-0.39, 0.29) is 23.8 Å². The van der Waals surface area contributed by atoms with Crippen LogP contribution in [0.2, 0.25) is 0 Å². The molecule has 130 valence electrons. The van der Waals surface area contributed by atoms with Crippen LogP contribution >= 0.6 is 11.3 Å². The average molecular weight is 370 g/mol. The van der Waals surface area contributed by atoms with Crippen molar-refractivity contribution in [1.82, 2.24) is 14.9 Å². The maximum Gasteiger partial charge on any atom is 0.240 e. The summed E-state index contributed by atoms with van der Waals surface area (Å²) in [6.07, 6.45) is -0.00964. The molecule has 0 spiro atoms. The molecular formula is C14H18N4O4S2. The molecule has 1 heterocycles. The molecule has 0 saturated carbocycles. The monoisotopic (exact) mass is 370 g/mol. The Kier molecular flexibility index (Phi) is 6.37. The van der Waals surface area contributed by atoms with Crippen molar-refractivity contribution in [3.05, 3.63) is 34.8 Å². The van der Waals surface area contributed by atoms with Gasteiger partial charge in [-0.15, -0.1) is 10.2 Å². The molecule has 0 bridgehead atoms. The van der Waals surface area contributed by atoms with Gasteiger partial charge in [0.2, 0.25) is 21.1 Å². The Labute approximate surface area is 144 Å². The predicted octanol–water partition coefficient (Wildman–Crippen LogP) is 1.30. The fourth-order valence-electron chi connectivity index (χ4n) is 1.77. The van der Waals surface area contributed by atoms with Crippen LogP contribution in [0.3, 0.4) is 0 Å². The molecule has 2 rings (SSSR count). The number of aryl methyl sites for hydroxylation is 1. The molecule has 0 radical (unpaired) electrons. The van der Waals surface area contributed by atoms with E-state index in [1.54, 1.807) is 19.2 Å². The maximum absolute atomic E-state index is 12.1. The van der Waals surface area contributed by atoms with Crippen LogP contribution in [0.1, 0.15) is 17.0 Å². The number of benzene rings is 1. The number of nitrogens with one attached hydrogen (secondary N) is 2. The zero-order valence-corrected chi connectivity index (χ0v) is 14.9. The first-order valence-corrected chi connectivity index (χ1v) is 9.38. The van der Waals surface area contributed by atoms with Crippen molar-refractivity contribution >= 4 is 32.4 Å². The lowest BCUT2D eigenvalue weighted by Gasteiger charge is -2.06. The minimum absolute atomic E-state index is 0.00816. The molecule has 10 heteroatoms. The van der Waals surface area contributed by atoms with Gasteiger partial charge in [0, 0.05) is 20.1 Å². The standard InChI is InChI=1S/C14H18N4O4S2/c1-10-3-5-11(6-4-10)24(20,21)15-8-7-12(19)16-14-18-17-13(23-14)9-22-2/h3-6,15H,7-9H2,1-2H3,(H,16,18,19). The summed E-state index contributed by atoms with van der Waals surface area (Å²) in [7, 11) is -2.08. The van der Waals surface area contributed by atoms with E-state index in [9.17, 15) is 13.2 Å². The Morgan fingerprint density at radius 3 is 2.62 bits per heavy atom. The number of rotatable bonds is 8. The van der Waals surface area contributed by atoms with E-state index in [0.717, 1.165) is 5.56 Å². The van der Waals surface area contributed by atoms with Crippen molar-refractivity contribution in [3.63, 3.8) is 0 Å². The van der Waals surface area contributed by atoms with Crippen LogP contribution in [0, 0.1) is 6.92 Å². The molecule has 1 aromatic heterocycles. The van der Waals surface area contributed by atoms with Gasteiger partial charge in [0.25, 0.3) is 0 Å². The quantitative estimate of drug-likeness (QED) is 0.725. The van der Waals surface area contributed by atoms with Crippen LogP contribution in [0.15, 0.2) is 29.2 Å². The normalized spacial score (nSPS) is 11.4. The SMILES string of the molecule is COCc1nnc(NC(=O)CCNS(=O)(=O)c2ccc(C)cc2)s1. The highest BCUT2D eigenvalue weighted by Crippen LogP contribution is 2.15. The summed E-state index contributed by atoms with van der Waals surface area (Å²) in [6.45, 7) is 2.19. The number of sulfonamides is 1. The molecule has 0 atom stereocenters. The molecule has 2 N–H and O–H groups in total. The lowest BCUT2D eigenvalue weighted by atomic mass is 10.2. The largest absolute Gasteiger partial charge is 0.377 e. The van der Waals surface area contributed by atoms with Crippen LogP contribution < -0.4 is 10.0 Å². The molecule has 0 saturated heterocycles. The number of hydrogen-bond acceptors (Lipinski definition) is 7. The van der Waals surface area contributed by atoms with E-state index in [0.29, 0.717) is 16.7 Å². The van der Waals surface area contributed by atoms with Gasteiger partial charge in [-0.1, -0.05) is 29.0 Å². The first kappa shape index (κ1) is 18.5. The lowest BCUT2D eigenvalue weighted by Crippen LogP contribution is -2.27. The fraction of sp³-hybridized carbons (Fsp3) is 0.357. The van der Waals surface area contributed by atoms with Gasteiger partial charge in [0.1, 0.15) is 11.6 Å². The van der Waals surface area contributed by atoms with Gasteiger partial charge in [0.05, 0.1) is 4.90 Å². The number of carbonyl (C=O) groups is 1. The van der Waals surface area contributed by atoms with Gasteiger partial charge >= 0.3 is 0 Å². The minimum Gasteiger partial charge on any atom is -0.377 e. The molecule has 0 fully saturated rings. The van der Waals surface area contributed by atoms with Crippen LogP contribution in [0.25, 0.3) is 0 Å². The van der Waals surface area contributed by atoms with E-state index in [1.165, 1.54) is 23.5 Å². The number of nitrogens with zero attached hydrogens (tertiary/aromatic N) is 2. The van der Waals surface area contributed by atoms with Crippen molar-refractivity contribution in [2.75, 3.05) is 19.0 Å². The van der Waals surface area contributed by atoms with Crippen molar-refractivity contribution < 1.29 is 17.9 Å². The zero-order chi connectivity index (χ0) is 17.6. The van der Waals surface area contributed by atoms with E-state index in [4.69, 9.17) is 4.74 Å². The summed E-state index contributed by atoms with van der Waals surface area (Å²) in [4.78, 5) is 12.0. The van der Waals surface area contributed by atoms with Crippen LogP contribution in [-0.4, -0.2) is 38.2 Å². The summed E-state index contributed by atoms with van der Waals surface area (Å²) < 4.78 is 31.5. The van der Waals surface area contributed by atoms with Crippen molar-refractivity contribution in [2.24, 2.45) is 0 Å². The smallest absolute Gasteiger partial charge is 0.240 e. The van der Waals surface area contributed by atoms with Gasteiger partial charge < -0.3 is 10.1 Å². The van der Waals surface area contributed by atoms with Gasteiger partial charge in [-0.3, -0.25) is 4.79 Å². The third kappa shape index (κ3) is 5.34. The van der Waals surface area contributed by atoms with Crippen molar-refractivity contribution in [3.8, 4) is 0 Å². The zero-order valence-electron chi connectivity index (χ0n) is 13.3. The summed E-state index contributed by atoms with van der Waals surface area (Å²) in [5.41, 5.74) is 0.971. The van der Waals surface area contributed by atoms with Crippen LogP contribution in [0.4, 0.5) is 5.13 Å². The Morgan fingerprint density at radius 2 is 1.96 bits per heavy atom. The lowest BCUT2D eigenvalue weighted by molar-refractivity contribution is -0.116. The molecule has 1 amide bonds. The number of hydrogen-bond donors (Lipinski definition) is 2. The first-order valence-electron chi connectivity index (χ1n) is 7.08. The summed E-state index contributed by atoms with van der Waals surface area (Å²) in [6, 6.07) is 6.48. The highest BCUT2D eigenvalue weighted by Gasteiger charge is 2.14. The molecule has 0 aliphatic rings. The summed E-state index contributed by atoms with van der Waals surface area (Å²) in [5, 5.41) is 11.2. The Morgan fingerprint density at radius 1 is 1.25 bits per heavy atom. The number of carbonyl (C=O) groups excluding carboxylic acids is 1. The number of ether oxygens (including phenoxy) is 1. The highest BCUT2D eigenvalue weighted by molar-refractivity contribution is 7.89. The predicted molar refractivity (Wildman–Crippen MR) is 90.2 cm³/mol.